The number of thiocarbonyl (C=S) groups is 1. The smallest absolute Gasteiger partial charge is 0.326 e. The summed E-state index contributed by atoms with van der Waals surface area (Å²) in [6.07, 6.45) is 2.34. The molecule has 144 valence electrons. The van der Waals surface area contributed by atoms with E-state index in [0.717, 1.165) is 22.9 Å². The predicted octanol–water partition coefficient (Wildman–Crippen LogP) is 2.81. The molecule has 2 rings (SSSR count). The molecular formula is C19H22N2O4S2. The minimum Gasteiger partial charge on any atom is -0.480 e. The largest absolute Gasteiger partial charge is 0.480 e. The first kappa shape index (κ1) is 21.1. The van der Waals surface area contributed by atoms with Gasteiger partial charge in [-0.25, -0.2) is 4.79 Å². The number of aliphatic carboxylic acids is 1. The summed E-state index contributed by atoms with van der Waals surface area (Å²) in [4.78, 5) is 37.8. The van der Waals surface area contributed by atoms with E-state index in [0.29, 0.717) is 11.3 Å². The highest BCUT2D eigenvalue weighted by atomic mass is 32.2. The normalized spacial score (nSPS) is 17.9. The van der Waals surface area contributed by atoms with Crippen LogP contribution < -0.4 is 5.32 Å². The third kappa shape index (κ3) is 5.40. The van der Waals surface area contributed by atoms with E-state index in [-0.39, 0.29) is 22.7 Å². The number of aryl methyl sites for hydroxylation is 1. The highest BCUT2D eigenvalue weighted by molar-refractivity contribution is 8.26. The van der Waals surface area contributed by atoms with Crippen molar-refractivity contribution in [3.63, 3.8) is 0 Å². The standard InChI is InChI=1S/C19H22N2O4S2/c1-4-12(3)16(18(24)25)20-15(22)10-21-17(23)14(27-19(21)26)9-13-7-5-11(2)6-8-13/h5-9,12,16H,4,10H2,1-3H3,(H,20,22)(H,24,25)/b14-9+/t12-,16+/m1/s1. The average Bonchev–Trinajstić information content (AvgIpc) is 2.88. The first-order valence-corrected chi connectivity index (χ1v) is 9.79. The number of rotatable bonds is 7. The Kier molecular flexibility index (Phi) is 7.15. The summed E-state index contributed by atoms with van der Waals surface area (Å²) in [6, 6.07) is 6.70. The van der Waals surface area contributed by atoms with E-state index < -0.39 is 17.9 Å². The third-order valence-corrected chi connectivity index (χ3v) is 5.72. The van der Waals surface area contributed by atoms with Crippen molar-refractivity contribution in [2.75, 3.05) is 6.54 Å². The first-order valence-electron chi connectivity index (χ1n) is 8.57. The SMILES string of the molecule is CC[C@@H](C)[C@H](NC(=O)CN1C(=O)/C(=C\c2ccc(C)cc2)SC1=S)C(=O)O. The third-order valence-electron chi connectivity index (χ3n) is 4.35. The van der Waals surface area contributed by atoms with Crippen LogP contribution in [-0.2, 0) is 14.4 Å². The molecular weight excluding hydrogens is 384 g/mol. The molecule has 2 atom stereocenters. The molecule has 1 fully saturated rings. The molecule has 1 aliphatic heterocycles. The number of carbonyl (C=O) groups is 3. The van der Waals surface area contributed by atoms with Crippen LogP contribution >= 0.6 is 24.0 Å². The van der Waals surface area contributed by atoms with Gasteiger partial charge < -0.3 is 10.4 Å². The van der Waals surface area contributed by atoms with Crippen LogP contribution in [0.3, 0.4) is 0 Å². The monoisotopic (exact) mass is 406 g/mol. The molecule has 2 amide bonds. The summed E-state index contributed by atoms with van der Waals surface area (Å²) < 4.78 is 0.281. The Morgan fingerprint density at radius 1 is 1.33 bits per heavy atom. The second-order valence-corrected chi connectivity index (χ2v) is 8.12. The number of nitrogens with zero attached hydrogens (tertiary/aromatic N) is 1. The van der Waals surface area contributed by atoms with Gasteiger partial charge in [0.15, 0.2) is 0 Å². The van der Waals surface area contributed by atoms with Gasteiger partial charge in [0, 0.05) is 0 Å². The predicted molar refractivity (Wildman–Crippen MR) is 110 cm³/mol. The number of carboxylic acid groups (broad SMARTS) is 1. The summed E-state index contributed by atoms with van der Waals surface area (Å²) in [5.74, 6) is -2.21. The number of benzene rings is 1. The Morgan fingerprint density at radius 2 is 1.96 bits per heavy atom. The Hall–Kier alpha value is -2.19. The molecule has 8 heteroatoms. The van der Waals surface area contributed by atoms with Crippen LogP contribution in [0.2, 0.25) is 0 Å². The Morgan fingerprint density at radius 3 is 2.52 bits per heavy atom. The Bertz CT molecular complexity index is 789. The maximum Gasteiger partial charge on any atom is 0.326 e. The molecule has 0 aliphatic carbocycles. The Labute approximate surface area is 168 Å². The number of nitrogens with one attached hydrogen (secondary N) is 1. The number of carboxylic acids is 1. The van der Waals surface area contributed by atoms with Crippen molar-refractivity contribution in [3.8, 4) is 0 Å². The number of amides is 2. The van der Waals surface area contributed by atoms with Gasteiger partial charge in [-0.15, -0.1) is 0 Å². The van der Waals surface area contributed by atoms with Gasteiger partial charge >= 0.3 is 5.97 Å². The van der Waals surface area contributed by atoms with E-state index in [1.165, 1.54) is 4.90 Å². The molecule has 6 nitrogen and oxygen atoms in total. The minimum atomic E-state index is -1.10. The zero-order chi connectivity index (χ0) is 20.1. The minimum absolute atomic E-state index is 0.223. The molecule has 1 heterocycles. The van der Waals surface area contributed by atoms with E-state index in [9.17, 15) is 19.5 Å². The van der Waals surface area contributed by atoms with E-state index in [2.05, 4.69) is 5.32 Å². The van der Waals surface area contributed by atoms with Crippen LogP contribution in [0.1, 0.15) is 31.4 Å². The lowest BCUT2D eigenvalue weighted by molar-refractivity contribution is -0.143. The van der Waals surface area contributed by atoms with Crippen LogP contribution in [0.4, 0.5) is 0 Å². The fourth-order valence-electron chi connectivity index (χ4n) is 2.50. The fraction of sp³-hybridized carbons (Fsp3) is 0.368. The van der Waals surface area contributed by atoms with Crippen LogP contribution in [0.15, 0.2) is 29.2 Å². The van der Waals surface area contributed by atoms with Crippen molar-refractivity contribution in [2.24, 2.45) is 5.92 Å². The van der Waals surface area contributed by atoms with E-state index in [4.69, 9.17) is 12.2 Å². The van der Waals surface area contributed by atoms with Crippen LogP contribution in [0.25, 0.3) is 6.08 Å². The molecule has 27 heavy (non-hydrogen) atoms. The van der Waals surface area contributed by atoms with Gasteiger partial charge in [0.1, 0.15) is 16.9 Å². The molecule has 2 N–H and O–H groups in total. The van der Waals surface area contributed by atoms with Gasteiger partial charge in [-0.3, -0.25) is 14.5 Å². The zero-order valence-corrected chi connectivity index (χ0v) is 17.0. The van der Waals surface area contributed by atoms with E-state index >= 15 is 0 Å². The van der Waals surface area contributed by atoms with Crippen molar-refractivity contribution >= 4 is 52.2 Å². The number of carbonyl (C=O) groups excluding carboxylic acids is 2. The topological polar surface area (TPSA) is 86.7 Å². The summed E-state index contributed by atoms with van der Waals surface area (Å²) in [5, 5.41) is 11.8. The lowest BCUT2D eigenvalue weighted by Gasteiger charge is -2.21. The molecule has 0 saturated carbocycles. The molecule has 1 aromatic carbocycles. The highest BCUT2D eigenvalue weighted by Gasteiger charge is 2.34. The van der Waals surface area contributed by atoms with Crippen LogP contribution in [0, 0.1) is 12.8 Å². The number of hydrogen-bond donors (Lipinski definition) is 2. The quantitative estimate of drug-likeness (QED) is 0.535. The average molecular weight is 407 g/mol. The molecule has 0 aromatic heterocycles. The summed E-state index contributed by atoms with van der Waals surface area (Å²) in [5.41, 5.74) is 1.99. The second-order valence-electron chi connectivity index (χ2n) is 6.45. The van der Waals surface area contributed by atoms with Gasteiger partial charge in [-0.2, -0.15) is 0 Å². The zero-order valence-electron chi connectivity index (χ0n) is 15.4. The molecule has 0 spiro atoms. The summed E-state index contributed by atoms with van der Waals surface area (Å²) in [6.45, 7) is 5.29. The lowest BCUT2D eigenvalue weighted by Crippen LogP contribution is -2.49. The summed E-state index contributed by atoms with van der Waals surface area (Å²) >= 11 is 6.35. The maximum absolute atomic E-state index is 12.6. The maximum atomic E-state index is 12.6. The molecule has 0 bridgehead atoms. The molecule has 1 aromatic rings. The molecule has 0 unspecified atom stereocenters. The van der Waals surface area contributed by atoms with Gasteiger partial charge in [0.2, 0.25) is 5.91 Å². The second kappa shape index (κ2) is 9.14. The van der Waals surface area contributed by atoms with Crippen molar-refractivity contribution in [1.82, 2.24) is 10.2 Å². The van der Waals surface area contributed by atoms with Gasteiger partial charge in [-0.1, -0.05) is 74.1 Å². The molecule has 1 aliphatic rings. The van der Waals surface area contributed by atoms with Crippen molar-refractivity contribution < 1.29 is 19.5 Å². The van der Waals surface area contributed by atoms with Crippen molar-refractivity contribution in [3.05, 3.63) is 40.3 Å². The van der Waals surface area contributed by atoms with E-state index in [1.807, 2.05) is 38.1 Å². The van der Waals surface area contributed by atoms with Gasteiger partial charge in [0.05, 0.1) is 4.91 Å². The van der Waals surface area contributed by atoms with Gasteiger partial charge in [0.25, 0.3) is 5.91 Å². The van der Waals surface area contributed by atoms with Crippen LogP contribution in [-0.4, -0.2) is 44.7 Å². The fourth-order valence-corrected chi connectivity index (χ4v) is 3.75. The van der Waals surface area contributed by atoms with Crippen molar-refractivity contribution in [2.45, 2.75) is 33.2 Å². The van der Waals surface area contributed by atoms with Crippen molar-refractivity contribution in [1.29, 1.82) is 0 Å². The highest BCUT2D eigenvalue weighted by Crippen LogP contribution is 2.32. The number of hydrogen-bond acceptors (Lipinski definition) is 5. The number of thioether (sulfide) groups is 1. The lowest BCUT2D eigenvalue weighted by atomic mass is 9.99. The van der Waals surface area contributed by atoms with E-state index in [1.54, 1.807) is 13.0 Å². The summed E-state index contributed by atoms with van der Waals surface area (Å²) in [7, 11) is 0. The molecule has 1 saturated heterocycles. The first-order chi connectivity index (χ1) is 12.7. The Balaban J connectivity index is 2.07. The van der Waals surface area contributed by atoms with Crippen LogP contribution in [0.5, 0.6) is 0 Å². The van der Waals surface area contributed by atoms with Gasteiger partial charge in [-0.05, 0) is 24.5 Å². The molecule has 0 radical (unpaired) electrons.